The lowest BCUT2D eigenvalue weighted by Gasteiger charge is -2.31. The van der Waals surface area contributed by atoms with Gasteiger partial charge in [-0.05, 0) is 43.9 Å². The van der Waals surface area contributed by atoms with Crippen LogP contribution in [-0.2, 0) is 26.2 Å². The number of benzene rings is 2. The van der Waals surface area contributed by atoms with Gasteiger partial charge in [0.2, 0.25) is 15.9 Å². The molecule has 0 saturated carbocycles. The summed E-state index contributed by atoms with van der Waals surface area (Å²) >= 11 is 0. The zero-order valence-corrected chi connectivity index (χ0v) is 19.0. The summed E-state index contributed by atoms with van der Waals surface area (Å²) in [7, 11) is -3.74. The van der Waals surface area contributed by atoms with Gasteiger partial charge in [0.1, 0.15) is 5.75 Å². The Labute approximate surface area is 188 Å². The first-order valence-electron chi connectivity index (χ1n) is 10.6. The molecule has 9 heteroatoms. The topological polar surface area (TPSA) is 105 Å². The molecule has 1 fully saturated rings. The molecule has 0 radical (unpaired) electrons. The Morgan fingerprint density at radius 1 is 1.19 bits per heavy atom. The Bertz CT molecular complexity index is 1150. The summed E-state index contributed by atoms with van der Waals surface area (Å²) < 4.78 is 33.3. The minimum atomic E-state index is -3.74. The highest BCUT2D eigenvalue weighted by Gasteiger charge is 2.34. The maximum absolute atomic E-state index is 13.3. The molecule has 2 amide bonds. The molecule has 2 aromatic rings. The van der Waals surface area contributed by atoms with E-state index in [9.17, 15) is 18.0 Å². The SMILES string of the molecule is Cc1cccc(CNC(=O)C2CCN(S(=O)(=O)c3cc4c(cc3C)NC(=O)CO4)CC2)c1. The van der Waals surface area contributed by atoms with E-state index in [-0.39, 0.29) is 42.3 Å². The number of nitrogens with zero attached hydrogens (tertiary/aromatic N) is 1. The van der Waals surface area contributed by atoms with Gasteiger partial charge in [-0.3, -0.25) is 9.59 Å². The van der Waals surface area contributed by atoms with Crippen molar-refractivity contribution >= 4 is 27.5 Å². The Kier molecular flexibility index (Phi) is 6.21. The molecule has 2 N–H and O–H groups in total. The maximum atomic E-state index is 13.3. The van der Waals surface area contributed by atoms with Gasteiger partial charge in [0, 0.05) is 31.6 Å². The minimum Gasteiger partial charge on any atom is -0.482 e. The van der Waals surface area contributed by atoms with Gasteiger partial charge in [-0.1, -0.05) is 29.8 Å². The molecule has 2 aromatic carbocycles. The number of hydrogen-bond acceptors (Lipinski definition) is 5. The van der Waals surface area contributed by atoms with Crippen molar-refractivity contribution in [2.24, 2.45) is 5.92 Å². The summed E-state index contributed by atoms with van der Waals surface area (Å²) in [5.41, 5.74) is 3.19. The summed E-state index contributed by atoms with van der Waals surface area (Å²) in [6.45, 7) is 4.58. The third-order valence-corrected chi connectivity index (χ3v) is 7.94. The quantitative estimate of drug-likeness (QED) is 0.717. The highest BCUT2D eigenvalue weighted by molar-refractivity contribution is 7.89. The van der Waals surface area contributed by atoms with Gasteiger partial charge in [0.05, 0.1) is 10.6 Å². The fourth-order valence-corrected chi connectivity index (χ4v) is 5.84. The molecule has 4 rings (SSSR count). The van der Waals surface area contributed by atoms with Crippen LogP contribution >= 0.6 is 0 Å². The second-order valence-corrected chi connectivity index (χ2v) is 10.2. The van der Waals surface area contributed by atoms with Crippen LogP contribution in [0.25, 0.3) is 0 Å². The molecule has 0 bridgehead atoms. The lowest BCUT2D eigenvalue weighted by molar-refractivity contribution is -0.126. The second kappa shape index (κ2) is 8.91. The summed E-state index contributed by atoms with van der Waals surface area (Å²) in [6, 6.07) is 11.1. The lowest BCUT2D eigenvalue weighted by atomic mass is 9.97. The normalized spacial score (nSPS) is 17.2. The van der Waals surface area contributed by atoms with E-state index in [1.165, 1.54) is 10.4 Å². The first-order chi connectivity index (χ1) is 15.2. The van der Waals surface area contributed by atoms with Crippen LogP contribution in [0.2, 0.25) is 0 Å². The van der Waals surface area contributed by atoms with E-state index < -0.39 is 10.0 Å². The zero-order valence-electron chi connectivity index (χ0n) is 18.2. The van der Waals surface area contributed by atoms with Crippen LogP contribution in [0.3, 0.4) is 0 Å². The van der Waals surface area contributed by atoms with Crippen LogP contribution in [0.15, 0.2) is 41.3 Å². The standard InChI is InChI=1S/C23H27N3O5S/c1-15-4-3-5-17(10-15)13-24-23(28)18-6-8-26(9-7-18)32(29,30)21-12-20-19(11-16(21)2)25-22(27)14-31-20/h3-5,10-12,18H,6-9,13-14H2,1-2H3,(H,24,28)(H,25,27). The number of hydrogen-bond donors (Lipinski definition) is 2. The Balaban J connectivity index is 1.39. The van der Waals surface area contributed by atoms with Gasteiger partial charge in [0.25, 0.3) is 5.91 Å². The van der Waals surface area contributed by atoms with E-state index in [0.717, 1.165) is 11.1 Å². The number of sulfonamides is 1. The van der Waals surface area contributed by atoms with Crippen molar-refractivity contribution in [1.29, 1.82) is 0 Å². The van der Waals surface area contributed by atoms with E-state index >= 15 is 0 Å². The molecule has 1 saturated heterocycles. The molecule has 0 spiro atoms. The Morgan fingerprint density at radius 2 is 1.94 bits per heavy atom. The fourth-order valence-electron chi connectivity index (χ4n) is 4.15. The van der Waals surface area contributed by atoms with Crippen LogP contribution in [-0.4, -0.2) is 44.2 Å². The van der Waals surface area contributed by atoms with Crippen molar-refractivity contribution in [2.45, 2.75) is 38.1 Å². The fraction of sp³-hybridized carbons (Fsp3) is 0.391. The van der Waals surface area contributed by atoms with Gasteiger partial charge in [-0.15, -0.1) is 0 Å². The molecule has 0 atom stereocenters. The molecule has 170 valence electrons. The summed E-state index contributed by atoms with van der Waals surface area (Å²) in [6.07, 6.45) is 0.935. The zero-order chi connectivity index (χ0) is 22.9. The number of ether oxygens (including phenoxy) is 1. The molecule has 2 aliphatic heterocycles. The molecule has 2 aliphatic rings. The van der Waals surface area contributed by atoms with Crippen molar-refractivity contribution < 1.29 is 22.7 Å². The van der Waals surface area contributed by atoms with Crippen molar-refractivity contribution in [2.75, 3.05) is 25.0 Å². The first kappa shape index (κ1) is 22.3. The summed E-state index contributed by atoms with van der Waals surface area (Å²) in [4.78, 5) is 24.3. The lowest BCUT2D eigenvalue weighted by Crippen LogP contribution is -2.43. The van der Waals surface area contributed by atoms with Crippen LogP contribution in [0.1, 0.15) is 29.5 Å². The number of piperidine rings is 1. The Morgan fingerprint density at radius 3 is 2.66 bits per heavy atom. The van der Waals surface area contributed by atoms with Crippen molar-refractivity contribution in [1.82, 2.24) is 9.62 Å². The Hall–Kier alpha value is -2.91. The van der Waals surface area contributed by atoms with E-state index in [2.05, 4.69) is 10.6 Å². The predicted molar refractivity (Wildman–Crippen MR) is 120 cm³/mol. The first-order valence-corrected chi connectivity index (χ1v) is 12.1. The van der Waals surface area contributed by atoms with Crippen molar-refractivity contribution in [3.63, 3.8) is 0 Å². The van der Waals surface area contributed by atoms with E-state index in [4.69, 9.17) is 4.74 Å². The number of amides is 2. The number of carbonyl (C=O) groups excluding carboxylic acids is 2. The predicted octanol–water partition coefficient (Wildman–Crippen LogP) is 2.35. The van der Waals surface area contributed by atoms with Crippen LogP contribution in [0.5, 0.6) is 5.75 Å². The number of carbonyl (C=O) groups is 2. The number of rotatable bonds is 5. The average Bonchev–Trinajstić information content (AvgIpc) is 2.77. The van der Waals surface area contributed by atoms with Gasteiger partial charge in [-0.25, -0.2) is 8.42 Å². The largest absolute Gasteiger partial charge is 0.482 e. The molecule has 0 aromatic heterocycles. The minimum absolute atomic E-state index is 0.0438. The highest BCUT2D eigenvalue weighted by Crippen LogP contribution is 2.35. The highest BCUT2D eigenvalue weighted by atomic mass is 32.2. The summed E-state index contributed by atoms with van der Waals surface area (Å²) in [5, 5.41) is 5.66. The average molecular weight is 458 g/mol. The monoisotopic (exact) mass is 457 g/mol. The molecule has 32 heavy (non-hydrogen) atoms. The molecule has 0 aliphatic carbocycles. The molecular formula is C23H27N3O5S. The van der Waals surface area contributed by atoms with Crippen LogP contribution in [0.4, 0.5) is 5.69 Å². The maximum Gasteiger partial charge on any atom is 0.262 e. The molecule has 0 unspecified atom stereocenters. The van der Waals surface area contributed by atoms with Crippen molar-refractivity contribution in [3.05, 3.63) is 53.1 Å². The van der Waals surface area contributed by atoms with E-state index in [1.807, 2.05) is 31.2 Å². The van der Waals surface area contributed by atoms with Gasteiger partial charge >= 0.3 is 0 Å². The van der Waals surface area contributed by atoms with Gasteiger partial charge in [0.15, 0.2) is 6.61 Å². The third kappa shape index (κ3) is 4.63. The van der Waals surface area contributed by atoms with Crippen LogP contribution in [0, 0.1) is 19.8 Å². The van der Waals surface area contributed by atoms with Gasteiger partial charge in [-0.2, -0.15) is 4.31 Å². The number of fused-ring (bicyclic) bond motifs is 1. The number of nitrogens with one attached hydrogen (secondary N) is 2. The van der Waals surface area contributed by atoms with Crippen molar-refractivity contribution in [3.8, 4) is 5.75 Å². The number of aryl methyl sites for hydroxylation is 2. The summed E-state index contributed by atoms with van der Waals surface area (Å²) in [5.74, 6) is -0.179. The molecule has 2 heterocycles. The third-order valence-electron chi connectivity index (χ3n) is 5.90. The second-order valence-electron chi connectivity index (χ2n) is 8.34. The molecule has 8 nitrogen and oxygen atoms in total. The van der Waals surface area contributed by atoms with Gasteiger partial charge < -0.3 is 15.4 Å². The number of anilines is 1. The molecular weight excluding hydrogens is 430 g/mol. The van der Waals surface area contributed by atoms with E-state index in [1.54, 1.807) is 13.0 Å². The van der Waals surface area contributed by atoms with Crippen LogP contribution < -0.4 is 15.4 Å². The smallest absolute Gasteiger partial charge is 0.262 e. The van der Waals surface area contributed by atoms with E-state index in [0.29, 0.717) is 36.4 Å².